The van der Waals surface area contributed by atoms with Crippen molar-refractivity contribution in [2.24, 2.45) is 23.5 Å². The Labute approximate surface area is 76.7 Å². The van der Waals surface area contributed by atoms with Gasteiger partial charge in [-0.05, 0) is 31.1 Å². The van der Waals surface area contributed by atoms with Crippen LogP contribution in [-0.2, 0) is 0 Å². The van der Waals surface area contributed by atoms with Crippen LogP contribution in [0.3, 0.4) is 0 Å². The van der Waals surface area contributed by atoms with Crippen molar-refractivity contribution in [3.05, 3.63) is 0 Å². The molecule has 0 aromatic carbocycles. The van der Waals surface area contributed by atoms with Gasteiger partial charge >= 0.3 is 0 Å². The summed E-state index contributed by atoms with van der Waals surface area (Å²) in [5.41, 5.74) is 6.24. The highest BCUT2D eigenvalue weighted by molar-refractivity contribution is 5.10. The third kappa shape index (κ3) is 1.82. The van der Waals surface area contributed by atoms with E-state index in [9.17, 15) is 0 Å². The second-order valence-electron chi connectivity index (χ2n) is 4.85. The zero-order chi connectivity index (χ0) is 9.35. The SMILES string of the molecule is CC[C@@H](C)CC[C@H]1C(C)C1(C)N. The van der Waals surface area contributed by atoms with Crippen molar-refractivity contribution in [3.63, 3.8) is 0 Å². The molecule has 0 amide bonds. The molecule has 0 aromatic heterocycles. The highest BCUT2D eigenvalue weighted by Gasteiger charge is 2.54. The highest BCUT2D eigenvalue weighted by Crippen LogP contribution is 2.50. The van der Waals surface area contributed by atoms with Crippen LogP contribution in [0.1, 0.15) is 47.0 Å². The zero-order valence-corrected chi connectivity index (χ0v) is 8.93. The first-order valence-corrected chi connectivity index (χ1v) is 5.29. The Morgan fingerprint density at radius 1 is 1.50 bits per heavy atom. The van der Waals surface area contributed by atoms with E-state index in [0.29, 0.717) is 0 Å². The van der Waals surface area contributed by atoms with Gasteiger partial charge in [-0.1, -0.05) is 33.6 Å². The van der Waals surface area contributed by atoms with E-state index < -0.39 is 0 Å². The molecule has 0 bridgehead atoms. The average Bonchev–Trinajstić information content (AvgIpc) is 2.48. The molecule has 1 fully saturated rings. The minimum absolute atomic E-state index is 0.160. The maximum absolute atomic E-state index is 6.08. The van der Waals surface area contributed by atoms with Crippen LogP contribution in [0, 0.1) is 17.8 Å². The molecule has 1 heteroatoms. The van der Waals surface area contributed by atoms with Crippen molar-refractivity contribution < 1.29 is 0 Å². The molecule has 0 radical (unpaired) electrons. The van der Waals surface area contributed by atoms with Crippen LogP contribution >= 0.6 is 0 Å². The van der Waals surface area contributed by atoms with Crippen LogP contribution in [0.15, 0.2) is 0 Å². The summed E-state index contributed by atoms with van der Waals surface area (Å²) >= 11 is 0. The number of hydrogen-bond donors (Lipinski definition) is 1. The zero-order valence-electron chi connectivity index (χ0n) is 8.93. The lowest BCUT2D eigenvalue weighted by Gasteiger charge is -2.08. The van der Waals surface area contributed by atoms with Gasteiger partial charge in [0.1, 0.15) is 0 Å². The average molecular weight is 169 g/mol. The molecule has 0 saturated heterocycles. The quantitative estimate of drug-likeness (QED) is 0.688. The van der Waals surface area contributed by atoms with E-state index in [-0.39, 0.29) is 5.54 Å². The minimum Gasteiger partial charge on any atom is -0.325 e. The smallest absolute Gasteiger partial charge is 0.0186 e. The summed E-state index contributed by atoms with van der Waals surface area (Å²) in [5.74, 6) is 2.43. The van der Waals surface area contributed by atoms with Crippen molar-refractivity contribution in [2.75, 3.05) is 0 Å². The van der Waals surface area contributed by atoms with Crippen molar-refractivity contribution >= 4 is 0 Å². The first-order chi connectivity index (χ1) is 5.50. The van der Waals surface area contributed by atoms with E-state index in [1.807, 2.05) is 0 Å². The second kappa shape index (κ2) is 3.37. The molecule has 0 spiro atoms. The molecule has 1 rings (SSSR count). The van der Waals surface area contributed by atoms with Gasteiger partial charge in [-0.3, -0.25) is 0 Å². The summed E-state index contributed by atoms with van der Waals surface area (Å²) in [7, 11) is 0. The van der Waals surface area contributed by atoms with Gasteiger partial charge in [-0.15, -0.1) is 0 Å². The van der Waals surface area contributed by atoms with Crippen LogP contribution in [0.25, 0.3) is 0 Å². The fourth-order valence-corrected chi connectivity index (χ4v) is 2.09. The predicted molar refractivity (Wildman–Crippen MR) is 53.9 cm³/mol. The fraction of sp³-hybridized carbons (Fsp3) is 1.00. The van der Waals surface area contributed by atoms with E-state index >= 15 is 0 Å². The lowest BCUT2D eigenvalue weighted by atomic mass is 9.99. The van der Waals surface area contributed by atoms with Gasteiger partial charge in [0, 0.05) is 5.54 Å². The predicted octanol–water partition coefficient (Wildman–Crippen LogP) is 2.80. The first-order valence-electron chi connectivity index (χ1n) is 5.29. The summed E-state index contributed by atoms with van der Waals surface area (Å²) in [5, 5.41) is 0. The molecule has 4 atom stereocenters. The Hall–Kier alpha value is -0.0400. The van der Waals surface area contributed by atoms with Crippen LogP contribution in [-0.4, -0.2) is 5.54 Å². The number of hydrogen-bond acceptors (Lipinski definition) is 1. The van der Waals surface area contributed by atoms with Gasteiger partial charge in [-0.2, -0.15) is 0 Å². The van der Waals surface area contributed by atoms with Gasteiger partial charge in [0.15, 0.2) is 0 Å². The summed E-state index contributed by atoms with van der Waals surface area (Å²) in [6.07, 6.45) is 4.00. The molecule has 0 heterocycles. The highest BCUT2D eigenvalue weighted by atomic mass is 14.9. The van der Waals surface area contributed by atoms with Crippen LogP contribution in [0.4, 0.5) is 0 Å². The Bertz CT molecular complexity index is 151. The van der Waals surface area contributed by atoms with Crippen molar-refractivity contribution in [3.8, 4) is 0 Å². The topological polar surface area (TPSA) is 26.0 Å². The maximum Gasteiger partial charge on any atom is 0.0186 e. The summed E-state index contributed by atoms with van der Waals surface area (Å²) < 4.78 is 0. The normalized spacial score (nSPS) is 42.8. The first kappa shape index (κ1) is 10.0. The Balaban J connectivity index is 2.19. The van der Waals surface area contributed by atoms with Gasteiger partial charge in [-0.25, -0.2) is 0 Å². The Morgan fingerprint density at radius 3 is 2.33 bits per heavy atom. The largest absolute Gasteiger partial charge is 0.325 e. The van der Waals surface area contributed by atoms with E-state index in [1.54, 1.807) is 0 Å². The Kier molecular flexibility index (Phi) is 2.82. The molecule has 1 aliphatic rings. The van der Waals surface area contributed by atoms with Crippen molar-refractivity contribution in [1.82, 2.24) is 0 Å². The van der Waals surface area contributed by atoms with Crippen molar-refractivity contribution in [1.29, 1.82) is 0 Å². The number of nitrogens with two attached hydrogens (primary N) is 1. The van der Waals surface area contributed by atoms with Gasteiger partial charge in [0.2, 0.25) is 0 Å². The third-order valence-corrected chi connectivity index (χ3v) is 3.94. The summed E-state index contributed by atoms with van der Waals surface area (Å²) in [6, 6.07) is 0. The third-order valence-electron chi connectivity index (χ3n) is 3.94. The second-order valence-corrected chi connectivity index (χ2v) is 4.85. The van der Waals surface area contributed by atoms with E-state index in [4.69, 9.17) is 5.73 Å². The molecule has 0 aromatic rings. The molecule has 2 N–H and O–H groups in total. The molecular weight excluding hydrogens is 146 g/mol. The Morgan fingerprint density at radius 2 is 2.00 bits per heavy atom. The van der Waals surface area contributed by atoms with Crippen LogP contribution < -0.4 is 5.73 Å². The molecule has 0 aliphatic heterocycles. The van der Waals surface area contributed by atoms with E-state index in [2.05, 4.69) is 27.7 Å². The van der Waals surface area contributed by atoms with Gasteiger partial charge < -0.3 is 5.73 Å². The lowest BCUT2D eigenvalue weighted by Crippen LogP contribution is -2.21. The lowest BCUT2D eigenvalue weighted by molar-refractivity contribution is 0.456. The van der Waals surface area contributed by atoms with Crippen molar-refractivity contribution in [2.45, 2.75) is 52.5 Å². The maximum atomic E-state index is 6.08. The molecule has 2 unspecified atom stereocenters. The summed E-state index contributed by atoms with van der Waals surface area (Å²) in [4.78, 5) is 0. The van der Waals surface area contributed by atoms with Crippen LogP contribution in [0.5, 0.6) is 0 Å². The molecule has 12 heavy (non-hydrogen) atoms. The molecule has 1 aliphatic carbocycles. The molecule has 1 nitrogen and oxygen atoms in total. The van der Waals surface area contributed by atoms with E-state index in [1.165, 1.54) is 19.3 Å². The molecular formula is C11H23N. The number of rotatable bonds is 4. The van der Waals surface area contributed by atoms with E-state index in [0.717, 1.165) is 17.8 Å². The van der Waals surface area contributed by atoms with Crippen LogP contribution in [0.2, 0.25) is 0 Å². The van der Waals surface area contributed by atoms with Gasteiger partial charge in [0.25, 0.3) is 0 Å². The standard InChI is InChI=1S/C11H23N/c1-5-8(2)6-7-10-9(3)11(10,4)12/h8-10H,5-7,12H2,1-4H3/t8-,9?,10+,11?/m1/s1. The monoisotopic (exact) mass is 169 g/mol. The molecule has 72 valence electrons. The minimum atomic E-state index is 0.160. The van der Waals surface area contributed by atoms with Gasteiger partial charge in [0.05, 0.1) is 0 Å². The molecule has 1 saturated carbocycles. The summed E-state index contributed by atoms with van der Waals surface area (Å²) in [6.45, 7) is 9.07. The fourth-order valence-electron chi connectivity index (χ4n) is 2.09.